The lowest BCUT2D eigenvalue weighted by Crippen LogP contribution is -2.31. The molecule has 0 radical (unpaired) electrons. The highest BCUT2D eigenvalue weighted by molar-refractivity contribution is 8.27. The third kappa shape index (κ3) is 3.52. The number of benzene rings is 1. The summed E-state index contributed by atoms with van der Waals surface area (Å²) in [6.07, 6.45) is 0. The Morgan fingerprint density at radius 3 is 2.52 bits per heavy atom. The number of sulfone groups is 1. The van der Waals surface area contributed by atoms with Crippen molar-refractivity contribution in [2.75, 3.05) is 7.11 Å². The second-order valence-corrected chi connectivity index (χ2v) is 11.5. The maximum atomic E-state index is 13.1. The van der Waals surface area contributed by atoms with Crippen LogP contribution in [0, 0.1) is 11.3 Å². The number of amidine groups is 1. The summed E-state index contributed by atoms with van der Waals surface area (Å²) in [5.41, 5.74) is -0.415. The number of ether oxygens (including phenoxy) is 1. The molecule has 2 aliphatic heterocycles. The van der Waals surface area contributed by atoms with Crippen molar-refractivity contribution in [2.45, 2.75) is 61.9 Å². The number of fused-ring (bicyclic) bond motifs is 1. The zero-order valence-corrected chi connectivity index (χ0v) is 18.8. The number of nitriles is 1. The molecule has 2 unspecified atom stereocenters. The number of hydrogen-bond donors (Lipinski definition) is 1. The lowest BCUT2D eigenvalue weighted by Gasteiger charge is -2.25. The van der Waals surface area contributed by atoms with Gasteiger partial charge in [-0.15, -0.1) is 0 Å². The van der Waals surface area contributed by atoms with Crippen LogP contribution < -0.4 is 4.74 Å². The molecule has 0 amide bonds. The van der Waals surface area contributed by atoms with E-state index in [-0.39, 0.29) is 22.7 Å². The quantitative estimate of drug-likeness (QED) is 0.754. The van der Waals surface area contributed by atoms with Crippen molar-refractivity contribution < 1.29 is 18.3 Å². The van der Waals surface area contributed by atoms with Crippen LogP contribution in [0.1, 0.15) is 46.2 Å². The van der Waals surface area contributed by atoms with Crippen LogP contribution in [0.25, 0.3) is 0 Å². The first-order chi connectivity index (χ1) is 13.3. The highest BCUT2D eigenvalue weighted by Crippen LogP contribution is 2.43. The maximum Gasteiger partial charge on any atom is 0.200 e. The van der Waals surface area contributed by atoms with Gasteiger partial charge in [0.2, 0.25) is 9.84 Å². The van der Waals surface area contributed by atoms with Gasteiger partial charge in [0.25, 0.3) is 0 Å². The van der Waals surface area contributed by atoms with Crippen molar-refractivity contribution in [1.29, 1.82) is 5.26 Å². The number of hydrazone groups is 1. The summed E-state index contributed by atoms with van der Waals surface area (Å²) in [5.74, 6) is 0.181. The highest BCUT2D eigenvalue weighted by Gasteiger charge is 2.44. The van der Waals surface area contributed by atoms with E-state index in [1.807, 2.05) is 13.0 Å². The summed E-state index contributed by atoms with van der Waals surface area (Å²) < 4.78 is 29.9. The van der Waals surface area contributed by atoms with Crippen molar-refractivity contribution in [3.63, 3.8) is 0 Å². The number of thioether (sulfide) groups is 1. The van der Waals surface area contributed by atoms with E-state index >= 15 is 0 Å². The molecule has 29 heavy (non-hydrogen) atoms. The van der Waals surface area contributed by atoms with Gasteiger partial charge < -0.3 is 9.84 Å². The molecule has 156 valence electrons. The average Bonchev–Trinajstić information content (AvgIpc) is 3.17. The standard InChI is InChI=1S/C19H24N4O4S2/c1-11-15(23-17(21-11)28-16(22-23)19(4,5)24)12-7-8-13(27-6)14(9-12)29(25,26)18(2,3)10-20/h7-9,11,15,24H,1-6H3. The van der Waals surface area contributed by atoms with Crippen molar-refractivity contribution >= 4 is 31.8 Å². The molecule has 0 fully saturated rings. The largest absolute Gasteiger partial charge is 0.495 e. The van der Waals surface area contributed by atoms with Crippen LogP contribution in [-0.2, 0) is 9.84 Å². The summed E-state index contributed by atoms with van der Waals surface area (Å²) in [6.45, 7) is 7.97. The van der Waals surface area contributed by atoms with Gasteiger partial charge in [0.1, 0.15) is 27.3 Å². The zero-order chi connectivity index (χ0) is 21.8. The zero-order valence-electron chi connectivity index (χ0n) is 17.2. The molecule has 2 atom stereocenters. The Hall–Kier alpha value is -2.09. The first-order valence-corrected chi connectivity index (χ1v) is 11.3. The Morgan fingerprint density at radius 1 is 1.31 bits per heavy atom. The van der Waals surface area contributed by atoms with Gasteiger partial charge in [-0.25, -0.2) is 13.4 Å². The molecule has 0 bridgehead atoms. The van der Waals surface area contributed by atoms with Gasteiger partial charge in [0.15, 0.2) is 9.91 Å². The van der Waals surface area contributed by atoms with Crippen LogP contribution in [0.2, 0.25) is 0 Å². The Labute approximate surface area is 175 Å². The van der Waals surface area contributed by atoms with Gasteiger partial charge in [0, 0.05) is 0 Å². The SMILES string of the molecule is COc1ccc(C2C(C)N=C3SC(C(C)(C)O)=NN32)cc1S(=O)(=O)C(C)(C)C#N. The van der Waals surface area contributed by atoms with Gasteiger partial charge in [-0.1, -0.05) is 6.07 Å². The van der Waals surface area contributed by atoms with E-state index < -0.39 is 20.2 Å². The van der Waals surface area contributed by atoms with E-state index in [9.17, 15) is 18.8 Å². The van der Waals surface area contributed by atoms with Crippen LogP contribution >= 0.6 is 11.8 Å². The van der Waals surface area contributed by atoms with Gasteiger partial charge in [-0.05, 0) is 64.1 Å². The van der Waals surface area contributed by atoms with E-state index in [0.29, 0.717) is 15.8 Å². The monoisotopic (exact) mass is 436 g/mol. The molecule has 0 spiro atoms. The molecule has 0 aliphatic carbocycles. The molecule has 3 rings (SSSR count). The Kier molecular flexibility index (Phi) is 5.22. The molecule has 10 heteroatoms. The van der Waals surface area contributed by atoms with Crippen LogP contribution in [0.3, 0.4) is 0 Å². The molecular formula is C19H24N4O4S2. The first kappa shape index (κ1) is 21.6. The van der Waals surface area contributed by atoms with Crippen molar-refractivity contribution in [3.05, 3.63) is 23.8 Å². The number of hydrogen-bond acceptors (Lipinski definition) is 9. The predicted molar refractivity (Wildman–Crippen MR) is 113 cm³/mol. The normalized spacial score (nSPS) is 22.1. The van der Waals surface area contributed by atoms with Gasteiger partial charge >= 0.3 is 0 Å². The third-order valence-electron chi connectivity index (χ3n) is 4.90. The minimum atomic E-state index is -3.98. The number of methoxy groups -OCH3 is 1. The summed E-state index contributed by atoms with van der Waals surface area (Å²) >= 11 is 1.31. The van der Waals surface area contributed by atoms with Crippen LogP contribution in [-0.4, -0.2) is 52.2 Å². The Balaban J connectivity index is 2.10. The lowest BCUT2D eigenvalue weighted by atomic mass is 10.0. The number of nitrogens with zero attached hydrogens (tertiary/aromatic N) is 4. The molecule has 1 N–H and O–H groups in total. The van der Waals surface area contributed by atoms with E-state index in [4.69, 9.17) is 4.74 Å². The van der Waals surface area contributed by atoms with E-state index in [2.05, 4.69) is 10.1 Å². The second-order valence-electron chi connectivity index (χ2n) is 8.04. The minimum absolute atomic E-state index is 0.0387. The molecule has 1 aromatic rings. The van der Waals surface area contributed by atoms with Crippen molar-refractivity contribution in [2.24, 2.45) is 10.1 Å². The van der Waals surface area contributed by atoms with Gasteiger partial charge in [-0.3, -0.25) is 4.99 Å². The fraction of sp³-hybridized carbons (Fsp3) is 0.526. The van der Waals surface area contributed by atoms with Gasteiger partial charge in [-0.2, -0.15) is 10.4 Å². The Morgan fingerprint density at radius 2 is 1.97 bits per heavy atom. The summed E-state index contributed by atoms with van der Waals surface area (Å²) in [4.78, 5) is 4.58. The predicted octanol–water partition coefficient (Wildman–Crippen LogP) is 2.70. The number of aliphatic imine (C=N–C) groups is 1. The van der Waals surface area contributed by atoms with E-state index in [1.165, 1.54) is 38.8 Å². The van der Waals surface area contributed by atoms with Crippen molar-refractivity contribution in [1.82, 2.24) is 5.01 Å². The summed E-state index contributed by atoms with van der Waals surface area (Å²) in [7, 11) is -2.59. The molecule has 2 aliphatic rings. The smallest absolute Gasteiger partial charge is 0.200 e. The molecule has 0 saturated carbocycles. The molecule has 8 nitrogen and oxygen atoms in total. The van der Waals surface area contributed by atoms with Gasteiger partial charge in [0.05, 0.1) is 19.2 Å². The van der Waals surface area contributed by atoms with Crippen LogP contribution in [0.4, 0.5) is 0 Å². The lowest BCUT2D eigenvalue weighted by molar-refractivity contribution is 0.155. The van der Waals surface area contributed by atoms with E-state index in [0.717, 1.165) is 0 Å². The van der Waals surface area contributed by atoms with Crippen molar-refractivity contribution in [3.8, 4) is 11.8 Å². The van der Waals surface area contributed by atoms with Crippen LogP contribution in [0.15, 0.2) is 33.2 Å². The maximum absolute atomic E-state index is 13.1. The first-order valence-electron chi connectivity index (χ1n) is 9.03. The van der Waals surface area contributed by atoms with Crippen LogP contribution in [0.5, 0.6) is 5.75 Å². The minimum Gasteiger partial charge on any atom is -0.495 e. The summed E-state index contributed by atoms with van der Waals surface area (Å²) in [6, 6.07) is 6.26. The molecule has 1 aromatic carbocycles. The fourth-order valence-electron chi connectivity index (χ4n) is 3.10. The molecule has 0 saturated heterocycles. The molecule has 2 heterocycles. The molecule has 0 aromatic heterocycles. The topological polar surface area (TPSA) is 115 Å². The average molecular weight is 437 g/mol. The third-order valence-corrected chi connectivity index (χ3v) is 8.48. The number of rotatable bonds is 5. The highest BCUT2D eigenvalue weighted by atomic mass is 32.2. The second kappa shape index (κ2) is 7.00. The Bertz CT molecular complexity index is 1050. The fourth-order valence-corrected chi connectivity index (χ4v) is 5.50. The summed E-state index contributed by atoms with van der Waals surface area (Å²) in [5, 5.41) is 27.1. The van der Waals surface area contributed by atoms with E-state index in [1.54, 1.807) is 31.0 Å². The molecular weight excluding hydrogens is 412 g/mol. The number of aliphatic hydroxyl groups is 1.